The van der Waals surface area contributed by atoms with E-state index in [0.717, 1.165) is 11.6 Å². The van der Waals surface area contributed by atoms with Gasteiger partial charge >= 0.3 is 0 Å². The van der Waals surface area contributed by atoms with E-state index in [-0.39, 0.29) is 5.41 Å². The Hall–Kier alpha value is -1.22. The minimum atomic E-state index is -0.484. The molecule has 0 radical (unpaired) electrons. The van der Waals surface area contributed by atoms with Gasteiger partial charge in [-0.1, -0.05) is 32.4 Å². The zero-order chi connectivity index (χ0) is 15.4. The first-order valence-electron chi connectivity index (χ1n) is 7.60. The highest BCUT2D eigenvalue weighted by Gasteiger charge is 2.59. The van der Waals surface area contributed by atoms with Crippen molar-refractivity contribution in [1.82, 2.24) is 0 Å². The number of nitrogens with two attached hydrogens (primary N) is 1. The van der Waals surface area contributed by atoms with E-state index < -0.39 is 5.91 Å². The molecule has 0 heterocycles. The van der Waals surface area contributed by atoms with Gasteiger partial charge in [-0.2, -0.15) is 0 Å². The van der Waals surface area contributed by atoms with Gasteiger partial charge in [-0.15, -0.1) is 0 Å². The minimum Gasteiger partial charge on any atom is -0.381 e. The van der Waals surface area contributed by atoms with Crippen LogP contribution in [0.15, 0.2) is 18.2 Å². The van der Waals surface area contributed by atoms with E-state index in [1.165, 1.54) is 19.3 Å². The van der Waals surface area contributed by atoms with Crippen LogP contribution >= 0.6 is 11.6 Å². The highest BCUT2D eigenvalue weighted by molar-refractivity contribution is 6.33. The normalized spacial score (nSPS) is 33.1. The molecule has 0 aliphatic heterocycles. The Labute approximate surface area is 131 Å². The van der Waals surface area contributed by atoms with Gasteiger partial charge in [-0.3, -0.25) is 4.79 Å². The summed E-state index contributed by atoms with van der Waals surface area (Å²) in [6, 6.07) is 5.86. The maximum absolute atomic E-state index is 11.4. The average Bonchev–Trinajstić information content (AvgIpc) is 2.87. The molecule has 1 amide bonds. The molecule has 2 bridgehead atoms. The Morgan fingerprint density at radius 1 is 1.38 bits per heavy atom. The summed E-state index contributed by atoms with van der Waals surface area (Å²) in [4.78, 5) is 11.4. The smallest absolute Gasteiger partial charge is 0.250 e. The van der Waals surface area contributed by atoms with Crippen molar-refractivity contribution in [2.45, 2.75) is 46.1 Å². The van der Waals surface area contributed by atoms with Crippen LogP contribution in [0, 0.1) is 16.7 Å². The lowest BCUT2D eigenvalue weighted by atomic mass is 9.68. The lowest BCUT2D eigenvalue weighted by Crippen LogP contribution is -2.45. The highest BCUT2D eigenvalue weighted by atomic mass is 35.5. The van der Waals surface area contributed by atoms with Crippen LogP contribution in [0.1, 0.15) is 50.4 Å². The zero-order valence-electron chi connectivity index (χ0n) is 12.9. The van der Waals surface area contributed by atoms with E-state index in [1.54, 1.807) is 12.1 Å². The van der Waals surface area contributed by atoms with Crippen LogP contribution < -0.4 is 11.1 Å². The molecule has 2 fully saturated rings. The fourth-order valence-corrected chi connectivity index (χ4v) is 4.84. The monoisotopic (exact) mass is 306 g/mol. The number of hydrogen-bond acceptors (Lipinski definition) is 2. The van der Waals surface area contributed by atoms with Crippen LogP contribution in [0.4, 0.5) is 5.69 Å². The molecule has 3 rings (SSSR count). The van der Waals surface area contributed by atoms with E-state index in [1.807, 2.05) is 6.07 Å². The third kappa shape index (κ3) is 2.22. The highest BCUT2D eigenvalue weighted by Crippen LogP contribution is 2.63. The number of anilines is 1. The first-order chi connectivity index (χ1) is 9.74. The predicted molar refractivity (Wildman–Crippen MR) is 86.6 cm³/mol. The van der Waals surface area contributed by atoms with Crippen LogP contribution in [0.25, 0.3) is 0 Å². The van der Waals surface area contributed by atoms with Crippen LogP contribution in [-0.2, 0) is 0 Å². The minimum absolute atomic E-state index is 0.263. The Balaban J connectivity index is 1.90. The van der Waals surface area contributed by atoms with Crippen LogP contribution in [0.3, 0.4) is 0 Å². The number of carbonyl (C=O) groups is 1. The van der Waals surface area contributed by atoms with E-state index >= 15 is 0 Å². The molecule has 1 aromatic rings. The Bertz CT molecular complexity index is 594. The first-order valence-corrected chi connectivity index (χ1v) is 7.98. The third-order valence-electron chi connectivity index (χ3n) is 5.81. The van der Waals surface area contributed by atoms with Gasteiger partial charge in [-0.25, -0.2) is 0 Å². The van der Waals surface area contributed by atoms with Crippen molar-refractivity contribution in [1.29, 1.82) is 0 Å². The molecular weight excluding hydrogens is 284 g/mol. The van der Waals surface area contributed by atoms with Crippen molar-refractivity contribution in [2.75, 3.05) is 5.32 Å². The maximum atomic E-state index is 11.4. The van der Waals surface area contributed by atoms with Crippen LogP contribution in [-0.4, -0.2) is 11.9 Å². The van der Waals surface area contributed by atoms with Crippen molar-refractivity contribution in [3.63, 3.8) is 0 Å². The summed E-state index contributed by atoms with van der Waals surface area (Å²) in [7, 11) is 0. The quantitative estimate of drug-likeness (QED) is 0.884. The zero-order valence-corrected chi connectivity index (χ0v) is 13.6. The Kier molecular flexibility index (Phi) is 3.25. The fourth-order valence-electron chi connectivity index (χ4n) is 4.63. The van der Waals surface area contributed by atoms with Crippen LogP contribution in [0.5, 0.6) is 0 Å². The van der Waals surface area contributed by atoms with Crippen molar-refractivity contribution in [2.24, 2.45) is 22.5 Å². The van der Waals surface area contributed by atoms with Gasteiger partial charge in [0.1, 0.15) is 0 Å². The molecule has 1 aromatic carbocycles. The molecule has 21 heavy (non-hydrogen) atoms. The molecule has 0 spiro atoms. The van der Waals surface area contributed by atoms with Gasteiger partial charge < -0.3 is 11.1 Å². The summed E-state index contributed by atoms with van der Waals surface area (Å²) in [5, 5.41) is 4.07. The molecule has 2 saturated carbocycles. The number of nitrogens with one attached hydrogen (secondary N) is 1. The van der Waals surface area contributed by atoms with Gasteiger partial charge in [0, 0.05) is 11.7 Å². The van der Waals surface area contributed by atoms with E-state index in [0.29, 0.717) is 22.0 Å². The standard InChI is InChI=1S/C17H23ClN2O/c1-16(2)10-6-7-17(3,9-10)15(16)20-11-4-5-13(18)12(8-11)14(19)21/h4-5,8,10,15,20H,6-7,9H2,1-3H3,(H2,19,21). The Morgan fingerprint density at radius 2 is 2.10 bits per heavy atom. The molecule has 0 saturated heterocycles. The van der Waals surface area contributed by atoms with Gasteiger partial charge in [0.2, 0.25) is 5.91 Å². The summed E-state index contributed by atoms with van der Waals surface area (Å²) in [5.41, 5.74) is 7.29. The van der Waals surface area contributed by atoms with Crippen molar-refractivity contribution in [3.8, 4) is 0 Å². The second kappa shape index (κ2) is 4.64. The molecule has 114 valence electrons. The fraction of sp³-hybridized carbons (Fsp3) is 0.588. The number of halogens is 1. The van der Waals surface area contributed by atoms with E-state index in [2.05, 4.69) is 26.1 Å². The molecule has 3 atom stereocenters. The number of hydrogen-bond donors (Lipinski definition) is 2. The Morgan fingerprint density at radius 3 is 2.67 bits per heavy atom. The van der Waals surface area contributed by atoms with E-state index in [4.69, 9.17) is 17.3 Å². The maximum Gasteiger partial charge on any atom is 0.250 e. The molecule has 3 unspecified atom stereocenters. The number of fused-ring (bicyclic) bond motifs is 2. The second-order valence-electron chi connectivity index (χ2n) is 7.55. The topological polar surface area (TPSA) is 55.1 Å². The molecule has 0 aromatic heterocycles. The molecule has 2 aliphatic carbocycles. The summed E-state index contributed by atoms with van der Waals surface area (Å²) in [5.74, 6) is 0.296. The number of amides is 1. The molecule has 4 heteroatoms. The summed E-state index contributed by atoms with van der Waals surface area (Å²) in [6.45, 7) is 7.08. The number of carbonyl (C=O) groups excluding carboxylic acids is 1. The largest absolute Gasteiger partial charge is 0.381 e. The average molecular weight is 307 g/mol. The summed E-state index contributed by atoms with van der Waals surface area (Å²) < 4.78 is 0. The second-order valence-corrected chi connectivity index (χ2v) is 7.96. The van der Waals surface area contributed by atoms with Crippen molar-refractivity contribution < 1.29 is 4.79 Å². The molecule has 3 nitrogen and oxygen atoms in total. The molecule has 3 N–H and O–H groups in total. The summed E-state index contributed by atoms with van der Waals surface area (Å²) in [6.07, 6.45) is 3.89. The van der Waals surface area contributed by atoms with Crippen molar-refractivity contribution >= 4 is 23.2 Å². The lowest BCUT2D eigenvalue weighted by Gasteiger charge is -2.43. The molecule has 2 aliphatic rings. The number of primary amides is 1. The predicted octanol–water partition coefficient (Wildman–Crippen LogP) is 4.07. The van der Waals surface area contributed by atoms with Gasteiger partial charge in [-0.05, 0) is 54.2 Å². The van der Waals surface area contributed by atoms with Gasteiger partial charge in [0.05, 0.1) is 10.6 Å². The van der Waals surface area contributed by atoms with E-state index in [9.17, 15) is 4.79 Å². The van der Waals surface area contributed by atoms with Gasteiger partial charge in [0.15, 0.2) is 0 Å². The molecular formula is C17H23ClN2O. The van der Waals surface area contributed by atoms with Crippen LogP contribution in [0.2, 0.25) is 5.02 Å². The lowest BCUT2D eigenvalue weighted by molar-refractivity contribution is 0.100. The SMILES string of the molecule is CC12CCC(C1)C(C)(C)C2Nc1ccc(Cl)c(C(N)=O)c1. The third-order valence-corrected chi connectivity index (χ3v) is 6.14. The number of rotatable bonds is 3. The number of benzene rings is 1. The summed E-state index contributed by atoms with van der Waals surface area (Å²) >= 11 is 6.03. The van der Waals surface area contributed by atoms with Gasteiger partial charge in [0.25, 0.3) is 0 Å². The van der Waals surface area contributed by atoms with Crippen molar-refractivity contribution in [3.05, 3.63) is 28.8 Å². The first kappa shape index (κ1) is 14.7.